The Labute approximate surface area is 116 Å². The molecule has 1 aromatic rings. The van der Waals surface area contributed by atoms with Crippen LogP contribution in [0.1, 0.15) is 17.9 Å². The zero-order valence-electron chi connectivity index (χ0n) is 10.9. The zero-order chi connectivity index (χ0) is 14.5. The number of carbonyl (C=O) groups excluding carboxylic acids is 1. The maximum Gasteiger partial charge on any atom is 0.304 e. The van der Waals surface area contributed by atoms with E-state index in [0.717, 1.165) is 11.3 Å². The van der Waals surface area contributed by atoms with Gasteiger partial charge in [0.15, 0.2) is 0 Å². The van der Waals surface area contributed by atoms with Crippen molar-refractivity contribution in [1.29, 1.82) is 5.26 Å². The smallest absolute Gasteiger partial charge is 0.304 e. The van der Waals surface area contributed by atoms with Gasteiger partial charge in [0, 0.05) is 18.2 Å². The van der Waals surface area contributed by atoms with Crippen molar-refractivity contribution in [1.82, 2.24) is 5.32 Å². The van der Waals surface area contributed by atoms with Crippen molar-refractivity contribution >= 4 is 17.6 Å². The third-order valence-corrected chi connectivity index (χ3v) is 3.28. The van der Waals surface area contributed by atoms with Gasteiger partial charge in [-0.1, -0.05) is 18.2 Å². The lowest BCUT2D eigenvalue weighted by atomic mass is 9.98. The number of hydrogen-bond donors (Lipinski definition) is 2. The molecule has 0 bridgehead atoms. The number of para-hydroxylation sites is 1. The SMILES string of the molecule is N#CCNC(=O)CN1CC(CC(=O)O)c2ccccc21. The summed E-state index contributed by atoms with van der Waals surface area (Å²) in [6.45, 7) is 0.618. The van der Waals surface area contributed by atoms with E-state index in [0.29, 0.717) is 6.54 Å². The van der Waals surface area contributed by atoms with Gasteiger partial charge in [-0.2, -0.15) is 5.26 Å². The van der Waals surface area contributed by atoms with E-state index < -0.39 is 5.97 Å². The summed E-state index contributed by atoms with van der Waals surface area (Å²) in [5, 5.41) is 19.9. The first-order valence-electron chi connectivity index (χ1n) is 6.31. The standard InChI is InChI=1S/C14H15N3O3/c15-5-6-16-13(18)9-17-8-10(7-14(19)20)11-3-1-2-4-12(11)17/h1-4,10H,6-9H2,(H,16,18)(H,19,20). The quantitative estimate of drug-likeness (QED) is 0.770. The highest BCUT2D eigenvalue weighted by Crippen LogP contribution is 2.37. The molecule has 1 heterocycles. The molecule has 0 radical (unpaired) electrons. The second-order valence-electron chi connectivity index (χ2n) is 4.67. The van der Waals surface area contributed by atoms with Gasteiger partial charge in [-0.25, -0.2) is 0 Å². The van der Waals surface area contributed by atoms with Gasteiger partial charge in [-0.05, 0) is 11.6 Å². The average molecular weight is 273 g/mol. The minimum Gasteiger partial charge on any atom is -0.481 e. The number of nitriles is 1. The molecule has 0 saturated heterocycles. The highest BCUT2D eigenvalue weighted by Gasteiger charge is 2.30. The maximum absolute atomic E-state index is 11.7. The molecular weight excluding hydrogens is 258 g/mol. The summed E-state index contributed by atoms with van der Waals surface area (Å²) in [6, 6.07) is 9.36. The summed E-state index contributed by atoms with van der Waals surface area (Å²) in [5.74, 6) is -1.19. The van der Waals surface area contributed by atoms with Crippen LogP contribution in [0.15, 0.2) is 24.3 Å². The predicted molar refractivity (Wildman–Crippen MR) is 72.3 cm³/mol. The molecule has 1 aromatic carbocycles. The van der Waals surface area contributed by atoms with E-state index in [1.54, 1.807) is 0 Å². The number of carboxylic acids is 1. The predicted octanol–water partition coefficient (Wildman–Crippen LogP) is 0.705. The van der Waals surface area contributed by atoms with Crippen LogP contribution in [0.3, 0.4) is 0 Å². The zero-order valence-corrected chi connectivity index (χ0v) is 10.9. The Bertz CT molecular complexity index is 565. The van der Waals surface area contributed by atoms with Crippen LogP contribution >= 0.6 is 0 Å². The molecule has 20 heavy (non-hydrogen) atoms. The van der Waals surface area contributed by atoms with Crippen molar-refractivity contribution < 1.29 is 14.7 Å². The minimum atomic E-state index is -0.847. The van der Waals surface area contributed by atoms with Crippen LogP contribution in [-0.4, -0.2) is 36.6 Å². The summed E-state index contributed by atoms with van der Waals surface area (Å²) >= 11 is 0. The number of hydrogen-bond acceptors (Lipinski definition) is 4. The maximum atomic E-state index is 11.7. The Morgan fingerprint density at radius 1 is 1.45 bits per heavy atom. The van der Waals surface area contributed by atoms with Gasteiger partial charge in [-0.15, -0.1) is 0 Å². The normalized spacial score (nSPS) is 16.4. The molecule has 0 aliphatic carbocycles. The molecule has 2 rings (SSSR count). The summed E-state index contributed by atoms with van der Waals surface area (Å²) < 4.78 is 0. The van der Waals surface area contributed by atoms with Gasteiger partial charge in [0.2, 0.25) is 5.91 Å². The molecule has 0 fully saturated rings. The number of carboxylic acid groups (broad SMARTS) is 1. The topological polar surface area (TPSA) is 93.4 Å². The molecule has 0 spiro atoms. The highest BCUT2D eigenvalue weighted by molar-refractivity contribution is 5.83. The molecule has 6 nitrogen and oxygen atoms in total. The number of carbonyl (C=O) groups is 2. The van der Waals surface area contributed by atoms with Crippen molar-refractivity contribution in [3.8, 4) is 6.07 Å². The van der Waals surface area contributed by atoms with Crippen LogP contribution in [0.5, 0.6) is 0 Å². The van der Waals surface area contributed by atoms with Crippen LogP contribution in [0.2, 0.25) is 0 Å². The van der Waals surface area contributed by atoms with Crippen molar-refractivity contribution in [2.24, 2.45) is 0 Å². The molecule has 6 heteroatoms. The van der Waals surface area contributed by atoms with E-state index >= 15 is 0 Å². The molecule has 2 N–H and O–H groups in total. The van der Waals surface area contributed by atoms with Crippen LogP contribution in [-0.2, 0) is 9.59 Å². The Hall–Kier alpha value is -2.55. The van der Waals surface area contributed by atoms with E-state index in [-0.39, 0.29) is 31.3 Å². The minimum absolute atomic E-state index is 0.0210. The Kier molecular flexibility index (Phi) is 4.20. The fraction of sp³-hybridized carbons (Fsp3) is 0.357. The molecule has 1 unspecified atom stereocenters. The molecule has 1 aliphatic heterocycles. The van der Waals surface area contributed by atoms with E-state index in [1.165, 1.54) is 0 Å². The number of amides is 1. The van der Waals surface area contributed by atoms with Crippen LogP contribution in [0, 0.1) is 11.3 Å². The third-order valence-electron chi connectivity index (χ3n) is 3.28. The van der Waals surface area contributed by atoms with Crippen LogP contribution < -0.4 is 10.2 Å². The lowest BCUT2D eigenvalue weighted by Crippen LogP contribution is -2.37. The second-order valence-corrected chi connectivity index (χ2v) is 4.67. The van der Waals surface area contributed by atoms with E-state index in [1.807, 2.05) is 35.2 Å². The number of fused-ring (bicyclic) bond motifs is 1. The van der Waals surface area contributed by atoms with Crippen molar-refractivity contribution in [2.45, 2.75) is 12.3 Å². The fourth-order valence-corrected chi connectivity index (χ4v) is 2.49. The molecule has 1 atom stereocenters. The number of nitrogens with one attached hydrogen (secondary N) is 1. The Balaban J connectivity index is 2.11. The Morgan fingerprint density at radius 3 is 2.90 bits per heavy atom. The molecule has 104 valence electrons. The van der Waals surface area contributed by atoms with Gasteiger partial charge in [0.1, 0.15) is 6.54 Å². The van der Waals surface area contributed by atoms with Crippen LogP contribution in [0.4, 0.5) is 5.69 Å². The van der Waals surface area contributed by atoms with E-state index in [2.05, 4.69) is 5.32 Å². The summed E-state index contributed by atoms with van der Waals surface area (Å²) in [6.07, 6.45) is 0.0489. The van der Waals surface area contributed by atoms with Crippen molar-refractivity contribution in [2.75, 3.05) is 24.5 Å². The van der Waals surface area contributed by atoms with Gasteiger partial charge in [-0.3, -0.25) is 9.59 Å². The van der Waals surface area contributed by atoms with E-state index in [9.17, 15) is 9.59 Å². The number of aliphatic carboxylic acids is 1. The number of benzene rings is 1. The first kappa shape index (κ1) is 13.9. The van der Waals surface area contributed by atoms with E-state index in [4.69, 9.17) is 10.4 Å². The van der Waals surface area contributed by atoms with Gasteiger partial charge in [0.05, 0.1) is 19.0 Å². The molecule has 1 amide bonds. The lowest BCUT2D eigenvalue weighted by molar-refractivity contribution is -0.137. The van der Waals surface area contributed by atoms with Crippen molar-refractivity contribution in [3.05, 3.63) is 29.8 Å². The number of rotatable bonds is 5. The third kappa shape index (κ3) is 3.06. The summed E-state index contributed by atoms with van der Waals surface area (Å²) in [4.78, 5) is 24.4. The fourth-order valence-electron chi connectivity index (χ4n) is 2.49. The molecule has 0 saturated carbocycles. The molecule has 0 aromatic heterocycles. The monoisotopic (exact) mass is 273 g/mol. The summed E-state index contributed by atoms with van der Waals surface area (Å²) in [5.41, 5.74) is 1.86. The van der Waals surface area contributed by atoms with Crippen molar-refractivity contribution in [3.63, 3.8) is 0 Å². The summed E-state index contributed by atoms with van der Waals surface area (Å²) in [7, 11) is 0. The lowest BCUT2D eigenvalue weighted by Gasteiger charge is -2.18. The van der Waals surface area contributed by atoms with Gasteiger partial charge >= 0.3 is 5.97 Å². The number of anilines is 1. The van der Waals surface area contributed by atoms with Gasteiger partial charge < -0.3 is 15.3 Å². The highest BCUT2D eigenvalue weighted by atomic mass is 16.4. The first-order valence-corrected chi connectivity index (χ1v) is 6.31. The molecule has 1 aliphatic rings. The molecular formula is C14H15N3O3. The largest absolute Gasteiger partial charge is 0.481 e. The number of nitrogens with zero attached hydrogens (tertiary/aromatic N) is 2. The first-order chi connectivity index (χ1) is 9.61. The van der Waals surface area contributed by atoms with Crippen LogP contribution in [0.25, 0.3) is 0 Å². The van der Waals surface area contributed by atoms with Gasteiger partial charge in [0.25, 0.3) is 0 Å². The second kappa shape index (κ2) is 6.06. The average Bonchev–Trinajstić information content (AvgIpc) is 2.74. The Morgan fingerprint density at radius 2 is 2.20 bits per heavy atom.